The molecule has 6 heterocycles. The number of benzene rings is 2. The molecule has 2 aromatic carbocycles. The van der Waals surface area contributed by atoms with Gasteiger partial charge >= 0.3 is 30.0 Å². The van der Waals surface area contributed by atoms with Crippen LogP contribution >= 0.6 is 0 Å². The average molecular weight is 1050 g/mol. The minimum atomic E-state index is -1.20. The van der Waals surface area contributed by atoms with Gasteiger partial charge in [0.05, 0.1) is 38.1 Å². The van der Waals surface area contributed by atoms with Crippen LogP contribution in [0.25, 0.3) is 0 Å². The number of aliphatic hydroxyl groups is 1. The summed E-state index contributed by atoms with van der Waals surface area (Å²) in [5.74, 6) is -6.27. The van der Waals surface area contributed by atoms with Crippen molar-refractivity contribution in [2.75, 3.05) is 52.5 Å². The van der Waals surface area contributed by atoms with Gasteiger partial charge in [0.15, 0.2) is 36.0 Å². The molecule has 75 heavy (non-hydrogen) atoms. The molecule has 1 amide bonds. The Morgan fingerprint density at radius 3 is 1.64 bits per heavy atom. The van der Waals surface area contributed by atoms with E-state index in [1.807, 2.05) is 60.7 Å². The molecule has 2 N–H and O–H groups in total. The van der Waals surface area contributed by atoms with Gasteiger partial charge in [0.2, 0.25) is 11.6 Å². The maximum Gasteiger partial charge on any atom is 0.407 e. The van der Waals surface area contributed by atoms with Crippen LogP contribution in [-0.4, -0.2) is 163 Å². The number of ether oxygens (including phenoxy) is 11. The summed E-state index contributed by atoms with van der Waals surface area (Å²) < 4.78 is 64.7. The van der Waals surface area contributed by atoms with Crippen molar-refractivity contribution in [3.05, 3.63) is 71.8 Å². The normalized spacial score (nSPS) is 29.8. The summed E-state index contributed by atoms with van der Waals surface area (Å²) in [7, 11) is 0. The zero-order valence-corrected chi connectivity index (χ0v) is 45.0. The number of hydrogen-bond donors (Lipinski definition) is 2. The Balaban J connectivity index is 0.000000219. The molecule has 20 nitrogen and oxygen atoms in total. The Morgan fingerprint density at radius 2 is 1.12 bits per heavy atom. The van der Waals surface area contributed by atoms with Gasteiger partial charge in [0.1, 0.15) is 25.4 Å². The van der Waals surface area contributed by atoms with E-state index in [1.165, 1.54) is 6.92 Å². The second kappa shape index (κ2) is 25.1. The number of nitrogens with zero attached hydrogens (tertiary/aromatic N) is 2. The van der Waals surface area contributed by atoms with Crippen molar-refractivity contribution >= 4 is 30.0 Å². The van der Waals surface area contributed by atoms with Crippen LogP contribution in [0.5, 0.6) is 0 Å². The highest BCUT2D eigenvalue weighted by Gasteiger charge is 2.65. The van der Waals surface area contributed by atoms with E-state index in [9.17, 15) is 29.1 Å². The summed E-state index contributed by atoms with van der Waals surface area (Å²) in [6, 6.07) is 19.2. The van der Waals surface area contributed by atoms with Gasteiger partial charge in [-0.2, -0.15) is 0 Å². The van der Waals surface area contributed by atoms with E-state index >= 15 is 0 Å². The average Bonchev–Trinajstić information content (AvgIpc) is 3.81. The number of aliphatic hydroxyl groups excluding tert-OH is 1. The smallest absolute Gasteiger partial charge is 0.407 e. The second-order valence-electron chi connectivity index (χ2n) is 22.0. The highest BCUT2D eigenvalue weighted by Crippen LogP contribution is 2.46. The van der Waals surface area contributed by atoms with E-state index in [0.717, 1.165) is 49.9 Å². The topological polar surface area (TPSA) is 226 Å². The van der Waals surface area contributed by atoms with Crippen LogP contribution in [0, 0.1) is 17.8 Å². The predicted octanol–water partition coefficient (Wildman–Crippen LogP) is 5.39. The number of carbonyl (C=O) groups excluding carboxylic acids is 5. The fourth-order valence-electron chi connectivity index (χ4n) is 10.3. The first kappa shape index (κ1) is 57.9. The summed E-state index contributed by atoms with van der Waals surface area (Å²) in [4.78, 5) is 65.5. The molecule has 0 aromatic heterocycles. The molecule has 0 unspecified atom stereocenters. The van der Waals surface area contributed by atoms with E-state index in [4.69, 9.17) is 52.1 Å². The Morgan fingerprint density at radius 1 is 0.653 bits per heavy atom. The standard InChI is InChI=1S/C29H41NO9.C26H38N2O8/c1-19(2)27(33)37-23-17-35-29(26(25(23)36-20(3)31)38-28(4,5)39-29)18-30-13-11-21(12-14-30)15-24(32)34-16-22-9-7-6-8-10-22;1-17(2)23(30)34-20-15-33-26(22(21(20)29)35-25(3,4)36-26)16-28-12-10-19(11-13-28)27-24(31)32-14-18-8-6-5-7-9-18/h6-10,19,21,23,25-26H,11-18H2,1-5H3;5-9,17,19-22,29H,10-16H2,1-4H3,(H,27,31)/t23-,25-,26+,29+;20-,21-,22+,26+/m11/s1. The molecule has 6 saturated heterocycles. The quantitative estimate of drug-likeness (QED) is 0.159. The number of rotatable bonds is 16. The van der Waals surface area contributed by atoms with E-state index in [-0.39, 0.29) is 56.2 Å². The lowest BCUT2D eigenvalue weighted by molar-refractivity contribution is -0.301. The zero-order chi connectivity index (χ0) is 54.1. The monoisotopic (exact) mass is 1050 g/mol. The lowest BCUT2D eigenvalue weighted by Crippen LogP contribution is -2.65. The largest absolute Gasteiger partial charge is 0.461 e. The van der Waals surface area contributed by atoms with Crippen molar-refractivity contribution in [3.8, 4) is 0 Å². The predicted molar refractivity (Wildman–Crippen MR) is 268 cm³/mol. The molecule has 0 bridgehead atoms. The molecular weight excluding hydrogens is 975 g/mol. The first-order chi connectivity index (χ1) is 35.5. The third-order valence-corrected chi connectivity index (χ3v) is 14.1. The highest BCUT2D eigenvalue weighted by atomic mass is 16.9. The minimum absolute atomic E-state index is 0.00713. The van der Waals surface area contributed by atoms with Gasteiger partial charge < -0.3 is 62.5 Å². The Hall–Kier alpha value is -4.77. The third kappa shape index (κ3) is 15.7. The number of alkyl carbamates (subject to hydrolysis) is 1. The van der Waals surface area contributed by atoms with Crippen LogP contribution in [0.15, 0.2) is 60.7 Å². The first-order valence-corrected chi connectivity index (χ1v) is 26.4. The van der Waals surface area contributed by atoms with Crippen LogP contribution in [0.3, 0.4) is 0 Å². The molecule has 20 heteroatoms. The van der Waals surface area contributed by atoms with Gasteiger partial charge in [-0.3, -0.25) is 29.0 Å². The number of piperidine rings is 2. The van der Waals surface area contributed by atoms with Crippen LogP contribution in [0.4, 0.5) is 4.79 Å². The van der Waals surface area contributed by atoms with Crippen LogP contribution in [-0.2, 0) is 84.5 Å². The van der Waals surface area contributed by atoms with Crippen molar-refractivity contribution in [2.24, 2.45) is 17.8 Å². The number of fused-ring (bicyclic) bond motifs is 2. The summed E-state index contributed by atoms with van der Waals surface area (Å²) in [5, 5.41) is 14.0. The molecule has 0 saturated carbocycles. The zero-order valence-electron chi connectivity index (χ0n) is 45.0. The van der Waals surface area contributed by atoms with Gasteiger partial charge in [0.25, 0.3) is 0 Å². The molecule has 8 rings (SSSR count). The van der Waals surface area contributed by atoms with E-state index in [1.54, 1.807) is 55.4 Å². The second-order valence-corrected chi connectivity index (χ2v) is 22.0. The molecular formula is C55H79N3O17. The minimum Gasteiger partial charge on any atom is -0.461 e. The molecule has 0 radical (unpaired) electrons. The van der Waals surface area contributed by atoms with Crippen molar-refractivity contribution < 1.29 is 81.2 Å². The van der Waals surface area contributed by atoms with Crippen molar-refractivity contribution in [1.82, 2.24) is 15.1 Å². The highest BCUT2D eigenvalue weighted by molar-refractivity contribution is 5.72. The molecule has 6 aliphatic rings. The summed E-state index contributed by atoms with van der Waals surface area (Å²) in [6.45, 7) is 19.6. The van der Waals surface area contributed by atoms with Crippen molar-refractivity contribution in [2.45, 2.75) is 173 Å². The van der Waals surface area contributed by atoms with Crippen molar-refractivity contribution in [3.63, 3.8) is 0 Å². The fourth-order valence-corrected chi connectivity index (χ4v) is 10.3. The molecule has 8 atom stereocenters. The lowest BCUT2D eigenvalue weighted by atomic mass is 9.91. The third-order valence-electron chi connectivity index (χ3n) is 14.1. The number of hydrogen-bond acceptors (Lipinski definition) is 19. The number of esters is 4. The number of likely N-dealkylation sites (tertiary alicyclic amines) is 2. The van der Waals surface area contributed by atoms with Crippen LogP contribution in [0.1, 0.15) is 106 Å². The van der Waals surface area contributed by atoms with Gasteiger partial charge in [-0.1, -0.05) is 88.4 Å². The van der Waals surface area contributed by atoms with Crippen molar-refractivity contribution in [1.29, 1.82) is 0 Å². The van der Waals surface area contributed by atoms with E-state index in [0.29, 0.717) is 32.6 Å². The van der Waals surface area contributed by atoms with E-state index < -0.39 is 83.8 Å². The molecule has 2 aromatic rings. The molecule has 6 aliphatic heterocycles. The number of nitrogens with one attached hydrogen (secondary N) is 1. The molecule has 0 aliphatic carbocycles. The fraction of sp³-hybridized carbons (Fsp3) is 0.691. The van der Waals surface area contributed by atoms with Gasteiger partial charge in [0, 0.05) is 32.5 Å². The number of carbonyl (C=O) groups is 5. The van der Waals surface area contributed by atoms with Gasteiger partial charge in [-0.15, -0.1) is 0 Å². The Bertz CT molecular complexity index is 2220. The molecule has 416 valence electrons. The lowest BCUT2D eigenvalue weighted by Gasteiger charge is -2.46. The maximum absolute atomic E-state index is 12.4. The number of amides is 1. The van der Waals surface area contributed by atoms with Crippen LogP contribution in [0.2, 0.25) is 0 Å². The van der Waals surface area contributed by atoms with Gasteiger partial charge in [-0.05, 0) is 83.5 Å². The summed E-state index contributed by atoms with van der Waals surface area (Å²) >= 11 is 0. The van der Waals surface area contributed by atoms with Crippen LogP contribution < -0.4 is 5.32 Å². The van der Waals surface area contributed by atoms with Gasteiger partial charge in [-0.25, -0.2) is 4.79 Å². The summed E-state index contributed by atoms with van der Waals surface area (Å²) in [5.41, 5.74) is 1.91. The SMILES string of the molecule is CC(=O)O[C@@H]1[C@H](OC(=O)C(C)C)CO[C@@]2(CN3CCC(CC(=O)OCc4ccccc4)CC3)OC(C)(C)O[C@@H]12.CC(C)C(=O)O[C@@H]1CO[C@@]2(CN3CCC(NC(=O)OCc4ccccc4)CC3)OC(C)(C)O[C@H]2[C@@H]1O. The summed E-state index contributed by atoms with van der Waals surface area (Å²) in [6.07, 6.45) is -2.11. The maximum atomic E-state index is 12.4. The Kier molecular flexibility index (Phi) is 19.4. The Labute approximate surface area is 440 Å². The molecule has 6 fully saturated rings. The first-order valence-electron chi connectivity index (χ1n) is 26.4. The molecule has 0 spiro atoms. The van der Waals surface area contributed by atoms with E-state index in [2.05, 4.69) is 15.1 Å².